The Kier molecular flexibility index (Phi) is 4.46. The van der Waals surface area contributed by atoms with E-state index in [9.17, 15) is 5.11 Å². The molecular formula is C18H19ClN2O. The van der Waals surface area contributed by atoms with E-state index in [1.165, 1.54) is 0 Å². The molecule has 1 N–H and O–H groups in total. The van der Waals surface area contributed by atoms with Crippen LogP contribution in [0.2, 0.25) is 5.02 Å². The molecule has 0 saturated heterocycles. The van der Waals surface area contributed by atoms with Gasteiger partial charge in [0.2, 0.25) is 0 Å². The van der Waals surface area contributed by atoms with Crippen LogP contribution >= 0.6 is 11.6 Å². The number of hydrogen-bond donors (Lipinski definition) is 1. The molecule has 1 aromatic heterocycles. The highest BCUT2D eigenvalue weighted by Crippen LogP contribution is 2.25. The Bertz CT molecular complexity index is 782. The summed E-state index contributed by atoms with van der Waals surface area (Å²) in [6, 6.07) is 15.8. The van der Waals surface area contributed by atoms with E-state index in [-0.39, 0.29) is 0 Å². The molecule has 0 amide bonds. The van der Waals surface area contributed by atoms with Gasteiger partial charge in [-0.05, 0) is 36.2 Å². The molecule has 0 aliphatic rings. The predicted molar refractivity (Wildman–Crippen MR) is 90.2 cm³/mol. The summed E-state index contributed by atoms with van der Waals surface area (Å²) in [4.78, 5) is 4.63. The summed E-state index contributed by atoms with van der Waals surface area (Å²) in [5.41, 5.74) is 3.04. The van der Waals surface area contributed by atoms with E-state index in [0.29, 0.717) is 13.0 Å². The average molecular weight is 315 g/mol. The van der Waals surface area contributed by atoms with Crippen molar-refractivity contribution < 1.29 is 5.11 Å². The zero-order chi connectivity index (χ0) is 15.5. The topological polar surface area (TPSA) is 38.1 Å². The number of nitrogens with zero attached hydrogens (tertiary/aromatic N) is 2. The molecule has 1 atom stereocenters. The summed E-state index contributed by atoms with van der Waals surface area (Å²) < 4.78 is 2.08. The molecule has 4 heteroatoms. The summed E-state index contributed by atoms with van der Waals surface area (Å²) >= 11 is 6.08. The number of fused-ring (bicyclic) bond motifs is 1. The normalized spacial score (nSPS) is 12.7. The lowest BCUT2D eigenvalue weighted by Crippen LogP contribution is -2.10. The van der Waals surface area contributed by atoms with Crippen molar-refractivity contribution >= 4 is 22.6 Å². The van der Waals surface area contributed by atoms with Crippen LogP contribution in [0.3, 0.4) is 0 Å². The fraction of sp³-hybridized carbons (Fsp3) is 0.278. The lowest BCUT2D eigenvalue weighted by Gasteiger charge is -2.13. The minimum Gasteiger partial charge on any atom is -0.385 e. The molecule has 3 aromatic rings. The van der Waals surface area contributed by atoms with Crippen molar-refractivity contribution in [3.63, 3.8) is 0 Å². The zero-order valence-corrected chi connectivity index (χ0v) is 13.3. The highest BCUT2D eigenvalue weighted by atomic mass is 35.5. The van der Waals surface area contributed by atoms with Crippen LogP contribution in [-0.4, -0.2) is 14.7 Å². The number of halogens is 1. The van der Waals surface area contributed by atoms with Gasteiger partial charge in [-0.25, -0.2) is 4.98 Å². The zero-order valence-electron chi connectivity index (χ0n) is 12.5. The van der Waals surface area contributed by atoms with Crippen LogP contribution in [0, 0.1) is 0 Å². The first-order valence-electron chi connectivity index (χ1n) is 7.56. The van der Waals surface area contributed by atoms with Crippen LogP contribution in [0.4, 0.5) is 0 Å². The summed E-state index contributed by atoms with van der Waals surface area (Å²) in [5, 5.41) is 11.1. The minimum atomic E-state index is -0.545. The van der Waals surface area contributed by atoms with Crippen molar-refractivity contribution in [2.24, 2.45) is 0 Å². The summed E-state index contributed by atoms with van der Waals surface area (Å²) in [6.45, 7) is 2.71. The van der Waals surface area contributed by atoms with E-state index in [1.54, 1.807) is 0 Å². The van der Waals surface area contributed by atoms with Crippen molar-refractivity contribution in [1.29, 1.82) is 0 Å². The molecule has 0 fully saturated rings. The second kappa shape index (κ2) is 6.51. The second-order valence-corrected chi connectivity index (χ2v) is 5.92. The Hall–Kier alpha value is -1.84. The average Bonchev–Trinajstić information content (AvgIpc) is 2.87. The van der Waals surface area contributed by atoms with Gasteiger partial charge in [0.1, 0.15) is 11.9 Å². The third-order valence-corrected chi connectivity index (χ3v) is 4.01. The standard InChI is InChI=1S/C18H19ClN2O/c1-2-6-17(22)18-20-15-9-3-4-10-16(15)21(18)12-13-7-5-8-14(19)11-13/h3-5,7-11,17,22H,2,6,12H2,1H3/t17-/m1/s1. The number of hydrogen-bond acceptors (Lipinski definition) is 2. The summed E-state index contributed by atoms with van der Waals surface area (Å²) in [6.07, 6.45) is 1.08. The van der Waals surface area contributed by atoms with Gasteiger partial charge in [-0.2, -0.15) is 0 Å². The molecule has 0 aliphatic carbocycles. The molecule has 0 bridgehead atoms. The van der Waals surface area contributed by atoms with Crippen LogP contribution in [0.25, 0.3) is 11.0 Å². The van der Waals surface area contributed by atoms with Crippen molar-refractivity contribution in [2.75, 3.05) is 0 Å². The number of benzene rings is 2. The molecular weight excluding hydrogens is 296 g/mol. The SMILES string of the molecule is CCC[C@@H](O)c1nc2ccccc2n1Cc1cccc(Cl)c1. The van der Waals surface area contributed by atoms with Crippen LogP contribution in [0.5, 0.6) is 0 Å². The predicted octanol–water partition coefficient (Wildman–Crippen LogP) is 4.57. The Morgan fingerprint density at radius 2 is 2.00 bits per heavy atom. The third-order valence-electron chi connectivity index (χ3n) is 3.77. The summed E-state index contributed by atoms with van der Waals surface area (Å²) in [5.74, 6) is 0.725. The molecule has 0 spiro atoms. The van der Waals surface area contributed by atoms with Gasteiger partial charge in [-0.1, -0.05) is 49.2 Å². The smallest absolute Gasteiger partial charge is 0.139 e. The molecule has 3 rings (SSSR count). The van der Waals surface area contributed by atoms with E-state index in [4.69, 9.17) is 11.6 Å². The third kappa shape index (κ3) is 3.01. The lowest BCUT2D eigenvalue weighted by atomic mass is 10.2. The second-order valence-electron chi connectivity index (χ2n) is 5.48. The quantitative estimate of drug-likeness (QED) is 0.749. The molecule has 1 heterocycles. The minimum absolute atomic E-state index is 0.545. The lowest BCUT2D eigenvalue weighted by molar-refractivity contribution is 0.153. The number of aromatic nitrogens is 2. The fourth-order valence-electron chi connectivity index (χ4n) is 2.74. The van der Waals surface area contributed by atoms with E-state index in [1.807, 2.05) is 48.5 Å². The van der Waals surface area contributed by atoms with Gasteiger partial charge < -0.3 is 9.67 Å². The van der Waals surface area contributed by atoms with Crippen LogP contribution in [0.1, 0.15) is 37.3 Å². The molecule has 0 saturated carbocycles. The van der Waals surface area contributed by atoms with Gasteiger partial charge >= 0.3 is 0 Å². The fourth-order valence-corrected chi connectivity index (χ4v) is 2.95. The van der Waals surface area contributed by atoms with Gasteiger partial charge in [0.15, 0.2) is 0 Å². The number of aliphatic hydroxyl groups excluding tert-OH is 1. The maximum Gasteiger partial charge on any atom is 0.139 e. The van der Waals surface area contributed by atoms with E-state index >= 15 is 0 Å². The van der Waals surface area contributed by atoms with Crippen molar-refractivity contribution in [3.05, 3.63) is 64.9 Å². The molecule has 114 valence electrons. The number of aliphatic hydroxyl groups is 1. The van der Waals surface area contributed by atoms with Gasteiger partial charge in [-0.15, -0.1) is 0 Å². The molecule has 22 heavy (non-hydrogen) atoms. The Morgan fingerprint density at radius 1 is 1.18 bits per heavy atom. The highest BCUT2D eigenvalue weighted by Gasteiger charge is 2.17. The van der Waals surface area contributed by atoms with Crippen molar-refractivity contribution in [2.45, 2.75) is 32.4 Å². The summed E-state index contributed by atoms with van der Waals surface area (Å²) in [7, 11) is 0. The molecule has 0 aliphatic heterocycles. The number of para-hydroxylation sites is 2. The van der Waals surface area contributed by atoms with Crippen LogP contribution < -0.4 is 0 Å². The van der Waals surface area contributed by atoms with Crippen molar-refractivity contribution in [1.82, 2.24) is 9.55 Å². The van der Waals surface area contributed by atoms with Gasteiger partial charge in [0.05, 0.1) is 11.0 Å². The van der Waals surface area contributed by atoms with Crippen LogP contribution in [-0.2, 0) is 6.54 Å². The van der Waals surface area contributed by atoms with Crippen molar-refractivity contribution in [3.8, 4) is 0 Å². The highest BCUT2D eigenvalue weighted by molar-refractivity contribution is 6.30. The monoisotopic (exact) mass is 314 g/mol. The Labute approximate surface area is 135 Å². The van der Waals surface area contributed by atoms with Crippen LogP contribution in [0.15, 0.2) is 48.5 Å². The maximum absolute atomic E-state index is 10.4. The largest absolute Gasteiger partial charge is 0.385 e. The first-order valence-corrected chi connectivity index (χ1v) is 7.94. The Balaban J connectivity index is 2.07. The van der Waals surface area contributed by atoms with E-state index in [0.717, 1.165) is 33.9 Å². The number of imidazole rings is 1. The molecule has 2 aromatic carbocycles. The molecule has 3 nitrogen and oxygen atoms in total. The van der Waals surface area contributed by atoms with Gasteiger partial charge in [-0.3, -0.25) is 0 Å². The first-order chi connectivity index (χ1) is 10.7. The van der Waals surface area contributed by atoms with Gasteiger partial charge in [0.25, 0.3) is 0 Å². The van der Waals surface area contributed by atoms with Gasteiger partial charge in [0, 0.05) is 11.6 Å². The first kappa shape index (κ1) is 15.1. The molecule has 0 unspecified atom stereocenters. The van der Waals surface area contributed by atoms with E-state index < -0.39 is 6.10 Å². The van der Waals surface area contributed by atoms with E-state index in [2.05, 4.69) is 16.5 Å². The number of rotatable bonds is 5. The molecule has 0 radical (unpaired) electrons. The maximum atomic E-state index is 10.4. The Morgan fingerprint density at radius 3 is 2.77 bits per heavy atom.